The molecule has 33 heavy (non-hydrogen) atoms. The molecule has 0 fully saturated rings. The van der Waals surface area contributed by atoms with Crippen LogP contribution < -0.4 is 10.9 Å². The highest BCUT2D eigenvalue weighted by atomic mass is 35.5. The van der Waals surface area contributed by atoms with E-state index in [1.165, 1.54) is 28.5 Å². The third-order valence-electron chi connectivity index (χ3n) is 4.82. The Morgan fingerprint density at radius 2 is 1.82 bits per heavy atom. The van der Waals surface area contributed by atoms with Gasteiger partial charge in [-0.05, 0) is 48.9 Å². The fourth-order valence-corrected chi connectivity index (χ4v) is 4.69. The third kappa shape index (κ3) is 5.38. The summed E-state index contributed by atoms with van der Waals surface area (Å²) in [6, 6.07) is 18.0. The number of fused-ring (bicyclic) bond motifs is 1. The number of nitrogens with zero attached hydrogens (tertiary/aromatic N) is 2. The monoisotopic (exact) mass is 501 g/mol. The second-order valence-electron chi connectivity index (χ2n) is 7.13. The number of amides is 1. The Bertz CT molecular complexity index is 1390. The quantitative estimate of drug-likeness (QED) is 0.182. The maximum absolute atomic E-state index is 13.7. The smallest absolute Gasteiger partial charge is 0.266 e. The van der Waals surface area contributed by atoms with Crippen LogP contribution in [0, 0.1) is 5.82 Å². The van der Waals surface area contributed by atoms with Crippen LogP contribution in [0.2, 0.25) is 10.0 Å². The van der Waals surface area contributed by atoms with Crippen molar-refractivity contribution in [2.45, 2.75) is 18.0 Å². The first-order chi connectivity index (χ1) is 15.9. The molecule has 1 N–H and O–H groups in total. The first-order valence-corrected chi connectivity index (χ1v) is 11.8. The Hall–Kier alpha value is -2.87. The number of para-hydroxylation sites is 2. The van der Waals surface area contributed by atoms with Gasteiger partial charge in [0.2, 0.25) is 5.91 Å². The lowest BCUT2D eigenvalue weighted by Gasteiger charge is -2.14. The fraction of sp³-hybridized carbons (Fsp3) is 0.125. The SMILES string of the molecule is O=C(CCCSc1nc2ccccc2c(=O)n1-c1ccc(Cl)cc1Cl)Nc1ccccc1F. The summed E-state index contributed by atoms with van der Waals surface area (Å²) in [5.41, 5.74) is 0.954. The van der Waals surface area contributed by atoms with E-state index in [4.69, 9.17) is 23.2 Å². The first kappa shape index (κ1) is 23.3. The van der Waals surface area contributed by atoms with E-state index in [0.29, 0.717) is 44.0 Å². The van der Waals surface area contributed by atoms with Crippen LogP contribution >= 0.6 is 35.0 Å². The van der Waals surface area contributed by atoms with Crippen molar-refractivity contribution in [2.24, 2.45) is 0 Å². The molecule has 0 aliphatic rings. The topological polar surface area (TPSA) is 64.0 Å². The fourth-order valence-electron chi connectivity index (χ4n) is 3.26. The minimum atomic E-state index is -0.482. The molecule has 0 spiro atoms. The van der Waals surface area contributed by atoms with Gasteiger partial charge in [-0.2, -0.15) is 0 Å². The number of carbonyl (C=O) groups is 1. The zero-order valence-corrected chi connectivity index (χ0v) is 19.6. The second-order valence-corrected chi connectivity index (χ2v) is 9.03. The van der Waals surface area contributed by atoms with Crippen LogP contribution in [0.1, 0.15) is 12.8 Å². The van der Waals surface area contributed by atoms with Gasteiger partial charge < -0.3 is 5.32 Å². The number of thioether (sulfide) groups is 1. The molecule has 0 bridgehead atoms. The molecule has 0 atom stereocenters. The zero-order chi connectivity index (χ0) is 23.4. The van der Waals surface area contributed by atoms with E-state index in [1.807, 2.05) is 6.07 Å². The summed E-state index contributed by atoms with van der Waals surface area (Å²) in [6.07, 6.45) is 0.697. The largest absolute Gasteiger partial charge is 0.324 e. The van der Waals surface area contributed by atoms with Crippen molar-refractivity contribution in [3.05, 3.63) is 92.9 Å². The van der Waals surface area contributed by atoms with Crippen LogP contribution in [0.15, 0.2) is 76.7 Å². The third-order valence-corrected chi connectivity index (χ3v) is 6.39. The van der Waals surface area contributed by atoms with E-state index >= 15 is 0 Å². The van der Waals surface area contributed by atoms with E-state index in [0.717, 1.165) is 0 Å². The highest BCUT2D eigenvalue weighted by Gasteiger charge is 2.16. The highest BCUT2D eigenvalue weighted by molar-refractivity contribution is 7.99. The normalized spacial score (nSPS) is 11.0. The Labute approximate surface area is 203 Å². The van der Waals surface area contributed by atoms with Gasteiger partial charge in [-0.3, -0.25) is 14.2 Å². The summed E-state index contributed by atoms with van der Waals surface area (Å²) >= 11 is 13.8. The summed E-state index contributed by atoms with van der Waals surface area (Å²) < 4.78 is 15.2. The average molecular weight is 502 g/mol. The Kier molecular flexibility index (Phi) is 7.33. The van der Waals surface area contributed by atoms with E-state index < -0.39 is 5.82 Å². The number of hydrogen-bond donors (Lipinski definition) is 1. The van der Waals surface area contributed by atoms with Crippen molar-refractivity contribution in [3.63, 3.8) is 0 Å². The van der Waals surface area contributed by atoms with Crippen LogP contribution in [-0.4, -0.2) is 21.2 Å². The van der Waals surface area contributed by atoms with Gasteiger partial charge in [0, 0.05) is 17.2 Å². The number of carbonyl (C=O) groups excluding carboxylic acids is 1. The summed E-state index contributed by atoms with van der Waals surface area (Å²) in [4.78, 5) is 30.1. The van der Waals surface area contributed by atoms with E-state index in [-0.39, 0.29) is 23.6 Å². The lowest BCUT2D eigenvalue weighted by atomic mass is 10.2. The van der Waals surface area contributed by atoms with Gasteiger partial charge in [-0.15, -0.1) is 0 Å². The molecule has 1 aromatic heterocycles. The molecular weight excluding hydrogens is 484 g/mol. The Balaban J connectivity index is 1.54. The number of hydrogen-bond acceptors (Lipinski definition) is 4. The van der Waals surface area contributed by atoms with E-state index in [9.17, 15) is 14.0 Å². The summed E-state index contributed by atoms with van der Waals surface area (Å²) in [6.45, 7) is 0. The molecule has 0 saturated carbocycles. The van der Waals surface area contributed by atoms with Crippen LogP contribution in [0.4, 0.5) is 10.1 Å². The Morgan fingerprint density at radius 1 is 1.06 bits per heavy atom. The predicted molar refractivity (Wildman–Crippen MR) is 132 cm³/mol. The molecule has 1 heterocycles. The molecule has 9 heteroatoms. The number of anilines is 1. The lowest BCUT2D eigenvalue weighted by molar-refractivity contribution is -0.116. The molecule has 0 saturated heterocycles. The van der Waals surface area contributed by atoms with Crippen LogP contribution in [0.5, 0.6) is 0 Å². The predicted octanol–water partition coefficient (Wildman–Crippen LogP) is 6.34. The van der Waals surface area contributed by atoms with Crippen molar-refractivity contribution in [1.29, 1.82) is 0 Å². The molecular formula is C24H18Cl2FN3O2S. The second kappa shape index (κ2) is 10.4. The maximum atomic E-state index is 13.7. The molecule has 1 amide bonds. The Morgan fingerprint density at radius 3 is 2.61 bits per heavy atom. The van der Waals surface area contributed by atoms with Gasteiger partial charge in [0.1, 0.15) is 5.82 Å². The minimum absolute atomic E-state index is 0.151. The lowest BCUT2D eigenvalue weighted by Crippen LogP contribution is -2.22. The number of rotatable bonds is 7. The average Bonchev–Trinajstić information content (AvgIpc) is 2.79. The van der Waals surface area contributed by atoms with Gasteiger partial charge >= 0.3 is 0 Å². The van der Waals surface area contributed by atoms with Crippen molar-refractivity contribution in [3.8, 4) is 5.69 Å². The minimum Gasteiger partial charge on any atom is -0.324 e. The molecule has 0 aliphatic carbocycles. The van der Waals surface area contributed by atoms with Gasteiger partial charge in [0.25, 0.3) is 5.56 Å². The van der Waals surface area contributed by atoms with Crippen molar-refractivity contribution in [2.75, 3.05) is 11.1 Å². The van der Waals surface area contributed by atoms with Crippen molar-refractivity contribution >= 4 is 57.5 Å². The number of nitrogens with one attached hydrogen (secondary N) is 1. The summed E-state index contributed by atoms with van der Waals surface area (Å²) in [5, 5.41) is 4.28. The molecule has 3 aromatic carbocycles. The number of halogens is 3. The van der Waals surface area contributed by atoms with Gasteiger partial charge in [0.15, 0.2) is 5.16 Å². The van der Waals surface area contributed by atoms with Gasteiger partial charge in [-0.1, -0.05) is 59.2 Å². The van der Waals surface area contributed by atoms with E-state index in [2.05, 4.69) is 10.3 Å². The standard InChI is InChI=1S/C24H18Cl2FN3O2S/c25-15-11-12-21(17(26)14-15)30-23(32)16-6-1-3-8-19(16)29-24(30)33-13-5-10-22(31)28-20-9-4-2-7-18(20)27/h1-4,6-9,11-12,14H,5,10,13H2,(H,28,31). The van der Waals surface area contributed by atoms with Crippen LogP contribution in [-0.2, 0) is 4.79 Å². The molecule has 0 radical (unpaired) electrons. The first-order valence-electron chi connectivity index (χ1n) is 10.1. The zero-order valence-electron chi connectivity index (χ0n) is 17.2. The molecule has 5 nitrogen and oxygen atoms in total. The van der Waals surface area contributed by atoms with Gasteiger partial charge in [-0.25, -0.2) is 9.37 Å². The number of aromatic nitrogens is 2. The number of benzene rings is 3. The molecule has 4 rings (SSSR count). The maximum Gasteiger partial charge on any atom is 0.266 e. The van der Waals surface area contributed by atoms with Crippen molar-refractivity contribution < 1.29 is 9.18 Å². The molecule has 0 aliphatic heterocycles. The molecule has 4 aromatic rings. The van der Waals surface area contributed by atoms with Gasteiger partial charge in [0.05, 0.1) is 27.3 Å². The molecule has 0 unspecified atom stereocenters. The molecule has 168 valence electrons. The summed E-state index contributed by atoms with van der Waals surface area (Å²) in [7, 11) is 0. The van der Waals surface area contributed by atoms with Crippen LogP contribution in [0.3, 0.4) is 0 Å². The van der Waals surface area contributed by atoms with E-state index in [1.54, 1.807) is 48.5 Å². The highest BCUT2D eigenvalue weighted by Crippen LogP contribution is 2.28. The van der Waals surface area contributed by atoms with Crippen molar-refractivity contribution in [1.82, 2.24) is 9.55 Å². The summed E-state index contributed by atoms with van der Waals surface area (Å²) in [5.74, 6) is -0.254. The van der Waals surface area contributed by atoms with Crippen LogP contribution in [0.25, 0.3) is 16.6 Å².